The Morgan fingerprint density at radius 2 is 2.10 bits per heavy atom. The Morgan fingerprint density at radius 1 is 1.38 bits per heavy atom. The highest BCUT2D eigenvalue weighted by Crippen LogP contribution is 2.19. The molecule has 0 aromatic heterocycles. The molecule has 1 saturated heterocycles. The van der Waals surface area contributed by atoms with E-state index in [9.17, 15) is 13.2 Å². The van der Waals surface area contributed by atoms with Gasteiger partial charge in [0.05, 0.1) is 11.5 Å². The molecule has 0 spiro atoms. The van der Waals surface area contributed by atoms with Gasteiger partial charge in [0, 0.05) is 13.1 Å². The van der Waals surface area contributed by atoms with E-state index in [1.807, 2.05) is 31.2 Å². The molecule has 1 aliphatic rings. The van der Waals surface area contributed by atoms with Gasteiger partial charge in [-0.1, -0.05) is 25.1 Å². The summed E-state index contributed by atoms with van der Waals surface area (Å²) in [4.78, 5) is 13.6. The van der Waals surface area contributed by atoms with Crippen molar-refractivity contribution in [3.8, 4) is 5.75 Å². The van der Waals surface area contributed by atoms with Crippen LogP contribution in [0.4, 0.5) is 0 Å². The van der Waals surface area contributed by atoms with Gasteiger partial charge in [-0.2, -0.15) is 0 Å². The van der Waals surface area contributed by atoms with Gasteiger partial charge >= 0.3 is 0 Å². The molecule has 0 aliphatic carbocycles. The number of rotatable bonds is 5. The van der Waals surface area contributed by atoms with E-state index in [1.54, 1.807) is 7.05 Å². The lowest BCUT2D eigenvalue weighted by Crippen LogP contribution is -2.40. The molecular weight excluding hydrogens is 290 g/mol. The van der Waals surface area contributed by atoms with Crippen LogP contribution in [0, 0.1) is 0 Å². The van der Waals surface area contributed by atoms with Gasteiger partial charge in [-0.05, 0) is 24.5 Å². The molecule has 2 rings (SSSR count). The molecule has 0 radical (unpaired) electrons. The van der Waals surface area contributed by atoms with Gasteiger partial charge < -0.3 is 9.64 Å². The van der Waals surface area contributed by atoms with Crippen LogP contribution in [0.5, 0.6) is 5.75 Å². The second kappa shape index (κ2) is 6.47. The summed E-state index contributed by atoms with van der Waals surface area (Å²) in [6, 6.07) is 7.38. The van der Waals surface area contributed by atoms with Crippen molar-refractivity contribution in [3.63, 3.8) is 0 Å². The molecule has 0 bridgehead atoms. The largest absolute Gasteiger partial charge is 0.483 e. The minimum absolute atomic E-state index is 0.0563. The number of aryl methyl sites for hydroxylation is 1. The molecule has 1 amide bonds. The Morgan fingerprint density at radius 3 is 2.71 bits per heavy atom. The first-order chi connectivity index (χ1) is 9.93. The van der Waals surface area contributed by atoms with E-state index in [2.05, 4.69) is 0 Å². The van der Waals surface area contributed by atoms with Gasteiger partial charge in [-0.25, -0.2) is 8.42 Å². The van der Waals surface area contributed by atoms with Crippen molar-refractivity contribution in [1.82, 2.24) is 4.90 Å². The number of carbonyl (C=O) groups is 1. The molecule has 1 heterocycles. The lowest BCUT2D eigenvalue weighted by Gasteiger charge is -2.23. The number of ether oxygens (including phenoxy) is 1. The minimum Gasteiger partial charge on any atom is -0.483 e. The standard InChI is InChI=1S/C15H21NO4S/c1-3-12-6-4-5-7-14(12)20-10-15(17)16(2)13-8-9-21(18,19)11-13/h4-7,13H,3,8-11H2,1-2H3. The first-order valence-corrected chi connectivity index (χ1v) is 8.92. The SMILES string of the molecule is CCc1ccccc1OCC(=O)N(C)C1CCS(=O)(=O)C1. The molecule has 0 N–H and O–H groups in total. The zero-order valence-electron chi connectivity index (χ0n) is 12.4. The summed E-state index contributed by atoms with van der Waals surface area (Å²) in [6.45, 7) is 1.96. The zero-order valence-corrected chi connectivity index (χ0v) is 13.2. The number of benzene rings is 1. The number of para-hydroxylation sites is 1. The monoisotopic (exact) mass is 311 g/mol. The number of hydrogen-bond acceptors (Lipinski definition) is 4. The highest BCUT2D eigenvalue weighted by molar-refractivity contribution is 7.91. The van der Waals surface area contributed by atoms with Crippen molar-refractivity contribution in [2.45, 2.75) is 25.8 Å². The number of likely N-dealkylation sites (N-methyl/N-ethyl adjacent to an activating group) is 1. The summed E-state index contributed by atoms with van der Waals surface area (Å²) < 4.78 is 28.5. The second-order valence-electron chi connectivity index (χ2n) is 5.31. The van der Waals surface area contributed by atoms with Crippen LogP contribution in [-0.4, -0.2) is 50.4 Å². The van der Waals surface area contributed by atoms with Gasteiger partial charge in [0.1, 0.15) is 5.75 Å². The lowest BCUT2D eigenvalue weighted by atomic mass is 10.1. The molecule has 116 valence electrons. The van der Waals surface area contributed by atoms with Crippen LogP contribution in [0.2, 0.25) is 0 Å². The molecule has 5 nitrogen and oxygen atoms in total. The summed E-state index contributed by atoms with van der Waals surface area (Å²) in [5.74, 6) is 0.735. The van der Waals surface area contributed by atoms with Crippen molar-refractivity contribution in [2.24, 2.45) is 0 Å². The summed E-state index contributed by atoms with van der Waals surface area (Å²) in [6.07, 6.45) is 1.34. The lowest BCUT2D eigenvalue weighted by molar-refractivity contribution is -0.133. The van der Waals surface area contributed by atoms with Crippen molar-refractivity contribution in [1.29, 1.82) is 0 Å². The Bertz CT molecular complexity index is 612. The topological polar surface area (TPSA) is 63.7 Å². The average molecular weight is 311 g/mol. The quantitative estimate of drug-likeness (QED) is 0.821. The van der Waals surface area contributed by atoms with E-state index in [4.69, 9.17) is 4.74 Å². The number of amides is 1. The smallest absolute Gasteiger partial charge is 0.260 e. The maximum absolute atomic E-state index is 12.1. The van der Waals surface area contributed by atoms with Crippen molar-refractivity contribution < 1.29 is 17.9 Å². The van der Waals surface area contributed by atoms with E-state index in [0.29, 0.717) is 12.2 Å². The first-order valence-electron chi connectivity index (χ1n) is 7.09. The summed E-state index contributed by atoms with van der Waals surface area (Å²) >= 11 is 0. The zero-order chi connectivity index (χ0) is 15.5. The molecule has 1 fully saturated rings. The molecular formula is C15H21NO4S. The molecule has 21 heavy (non-hydrogen) atoms. The minimum atomic E-state index is -2.99. The van der Waals surface area contributed by atoms with Gasteiger partial charge in [0.15, 0.2) is 16.4 Å². The average Bonchev–Trinajstić information content (AvgIpc) is 2.84. The number of hydrogen-bond donors (Lipinski definition) is 0. The van der Waals surface area contributed by atoms with E-state index in [0.717, 1.165) is 12.0 Å². The molecule has 6 heteroatoms. The van der Waals surface area contributed by atoms with Gasteiger partial charge in [0.2, 0.25) is 0 Å². The number of nitrogens with zero attached hydrogens (tertiary/aromatic N) is 1. The molecule has 1 unspecified atom stereocenters. The molecule has 0 saturated carbocycles. The fraction of sp³-hybridized carbons (Fsp3) is 0.533. The third-order valence-corrected chi connectivity index (χ3v) is 5.60. The normalized spacial score (nSPS) is 20.2. The van der Waals surface area contributed by atoms with Crippen molar-refractivity contribution >= 4 is 15.7 Å². The third-order valence-electron chi connectivity index (χ3n) is 3.85. The van der Waals surface area contributed by atoms with E-state index < -0.39 is 9.84 Å². The maximum atomic E-state index is 12.1. The number of carbonyl (C=O) groups excluding carboxylic acids is 1. The van der Waals surface area contributed by atoms with Crippen LogP contribution >= 0.6 is 0 Å². The molecule has 1 aliphatic heterocycles. The van der Waals surface area contributed by atoms with E-state index in [1.165, 1.54) is 4.90 Å². The van der Waals surface area contributed by atoms with Crippen LogP contribution in [0.3, 0.4) is 0 Å². The fourth-order valence-corrected chi connectivity index (χ4v) is 4.24. The summed E-state index contributed by atoms with van der Waals surface area (Å²) in [5, 5.41) is 0. The van der Waals surface area contributed by atoms with E-state index in [-0.39, 0.29) is 30.1 Å². The Kier molecular flexibility index (Phi) is 4.88. The van der Waals surface area contributed by atoms with Gasteiger partial charge in [0.25, 0.3) is 5.91 Å². The fourth-order valence-electron chi connectivity index (χ4n) is 2.46. The molecule has 1 aromatic rings. The summed E-state index contributed by atoms with van der Waals surface area (Å²) in [5.41, 5.74) is 1.05. The number of sulfone groups is 1. The van der Waals surface area contributed by atoms with Crippen molar-refractivity contribution in [3.05, 3.63) is 29.8 Å². The predicted molar refractivity (Wildman–Crippen MR) is 81.1 cm³/mol. The predicted octanol–water partition coefficient (Wildman–Crippen LogP) is 1.27. The second-order valence-corrected chi connectivity index (χ2v) is 7.54. The third kappa shape index (κ3) is 3.97. The maximum Gasteiger partial charge on any atom is 0.260 e. The summed E-state index contributed by atoms with van der Waals surface area (Å²) in [7, 11) is -1.34. The Labute approximate surface area is 125 Å². The van der Waals surface area contributed by atoms with E-state index >= 15 is 0 Å². The first kappa shape index (κ1) is 15.8. The van der Waals surface area contributed by atoms with Crippen LogP contribution in [0.1, 0.15) is 18.9 Å². The molecule has 1 atom stereocenters. The Hall–Kier alpha value is -1.56. The van der Waals surface area contributed by atoms with Crippen LogP contribution < -0.4 is 4.74 Å². The van der Waals surface area contributed by atoms with Crippen LogP contribution in [0.25, 0.3) is 0 Å². The van der Waals surface area contributed by atoms with Crippen LogP contribution in [0.15, 0.2) is 24.3 Å². The Balaban J connectivity index is 1.93. The van der Waals surface area contributed by atoms with Gasteiger partial charge in [-0.15, -0.1) is 0 Å². The highest BCUT2D eigenvalue weighted by atomic mass is 32.2. The van der Waals surface area contributed by atoms with Crippen LogP contribution in [-0.2, 0) is 21.1 Å². The highest BCUT2D eigenvalue weighted by Gasteiger charge is 2.32. The van der Waals surface area contributed by atoms with Gasteiger partial charge in [-0.3, -0.25) is 4.79 Å². The molecule has 1 aromatic carbocycles. The van der Waals surface area contributed by atoms with Crippen molar-refractivity contribution in [2.75, 3.05) is 25.2 Å².